The van der Waals surface area contributed by atoms with E-state index in [1.165, 1.54) is 24.6 Å². The van der Waals surface area contributed by atoms with Crippen molar-refractivity contribution in [1.29, 1.82) is 0 Å². The molecule has 3 aromatic rings. The Morgan fingerprint density at radius 3 is 2.55 bits per heavy atom. The number of hydrogen-bond donors (Lipinski definition) is 3. The fraction of sp³-hybridized carbons (Fsp3) is 0.217. The molecule has 0 bridgehead atoms. The van der Waals surface area contributed by atoms with Crippen LogP contribution in [0.5, 0.6) is 11.5 Å². The third kappa shape index (κ3) is 6.30. The number of esters is 1. The van der Waals surface area contributed by atoms with Crippen molar-refractivity contribution in [1.82, 2.24) is 15.6 Å². The molecule has 2 heterocycles. The summed E-state index contributed by atoms with van der Waals surface area (Å²) in [6.07, 6.45) is 1.50. The van der Waals surface area contributed by atoms with Crippen molar-refractivity contribution in [3.8, 4) is 11.5 Å². The summed E-state index contributed by atoms with van der Waals surface area (Å²) in [5, 5.41) is 10.2. The monoisotopic (exact) mass is 468 g/mol. The molecule has 1 aromatic carbocycles. The number of amides is 3. The van der Waals surface area contributed by atoms with Gasteiger partial charge in [-0.3, -0.25) is 15.1 Å². The van der Waals surface area contributed by atoms with Crippen LogP contribution in [0.3, 0.4) is 0 Å². The van der Waals surface area contributed by atoms with Gasteiger partial charge in [0.05, 0.1) is 12.2 Å². The van der Waals surface area contributed by atoms with Gasteiger partial charge >= 0.3 is 12.0 Å². The number of pyridine rings is 1. The van der Waals surface area contributed by atoms with Crippen LogP contribution in [0, 0.1) is 6.92 Å². The second-order valence-corrected chi connectivity index (χ2v) is 7.73. The Labute approximate surface area is 195 Å². The van der Waals surface area contributed by atoms with E-state index in [0.717, 1.165) is 11.1 Å². The van der Waals surface area contributed by atoms with Gasteiger partial charge in [0.25, 0.3) is 5.91 Å². The summed E-state index contributed by atoms with van der Waals surface area (Å²) in [6, 6.07) is 9.93. The number of nitrogens with zero attached hydrogens (tertiary/aromatic N) is 1. The molecular weight excluding hydrogens is 444 g/mol. The lowest BCUT2D eigenvalue weighted by Crippen LogP contribution is -2.28. The zero-order valence-corrected chi connectivity index (χ0v) is 19.2. The van der Waals surface area contributed by atoms with Gasteiger partial charge < -0.3 is 20.1 Å². The molecule has 0 radical (unpaired) electrons. The topological polar surface area (TPSA) is 119 Å². The van der Waals surface area contributed by atoms with E-state index < -0.39 is 12.0 Å². The number of rotatable bonds is 8. The summed E-state index contributed by atoms with van der Waals surface area (Å²) >= 11 is 1.27. The molecule has 0 aliphatic carbocycles. The van der Waals surface area contributed by atoms with Gasteiger partial charge in [-0.2, -0.15) is 0 Å². The van der Waals surface area contributed by atoms with Gasteiger partial charge in [-0.05, 0) is 48.6 Å². The van der Waals surface area contributed by atoms with Gasteiger partial charge in [-0.1, -0.05) is 12.1 Å². The van der Waals surface area contributed by atoms with E-state index in [-0.39, 0.29) is 24.8 Å². The van der Waals surface area contributed by atoms with Gasteiger partial charge in [-0.25, -0.2) is 9.59 Å². The highest BCUT2D eigenvalue weighted by molar-refractivity contribution is 7.15. The third-order valence-electron chi connectivity index (χ3n) is 4.48. The summed E-state index contributed by atoms with van der Waals surface area (Å²) in [6.45, 7) is 4.06. The molecule has 0 saturated heterocycles. The predicted octanol–water partition coefficient (Wildman–Crippen LogP) is 4.10. The first-order valence-electron chi connectivity index (χ1n) is 10.2. The van der Waals surface area contributed by atoms with E-state index in [9.17, 15) is 14.4 Å². The maximum atomic E-state index is 12.3. The van der Waals surface area contributed by atoms with Crippen LogP contribution in [0.2, 0.25) is 0 Å². The molecule has 2 aromatic heterocycles. The molecule has 0 atom stereocenters. The first-order valence-corrected chi connectivity index (χ1v) is 11.0. The van der Waals surface area contributed by atoms with Crippen molar-refractivity contribution < 1.29 is 23.9 Å². The fourth-order valence-electron chi connectivity index (χ4n) is 2.86. The smallest absolute Gasteiger partial charge is 0.341 e. The molecule has 0 spiro atoms. The number of anilines is 1. The standard InChI is InChI=1S/C23H24N4O5S/c1-4-31-22(29)19-14(2)13-33-21(19)27-23(30)26-12-15-5-7-16(8-6-15)32-17-9-10-25-18(11-17)20(28)24-3/h5-11,13H,4,12H2,1-3H3,(H,24,28)(H2,26,27,30). The molecule has 9 nitrogen and oxygen atoms in total. The summed E-state index contributed by atoms with van der Waals surface area (Å²) in [4.78, 5) is 40.1. The number of aromatic nitrogens is 1. The van der Waals surface area contributed by atoms with Gasteiger partial charge in [0.1, 0.15) is 22.2 Å². The Morgan fingerprint density at radius 2 is 1.85 bits per heavy atom. The molecular formula is C23H24N4O5S. The molecule has 172 valence electrons. The van der Waals surface area contributed by atoms with E-state index in [1.807, 2.05) is 12.1 Å². The van der Waals surface area contributed by atoms with Crippen LogP contribution in [0.1, 0.15) is 38.9 Å². The summed E-state index contributed by atoms with van der Waals surface area (Å²) in [7, 11) is 1.53. The lowest BCUT2D eigenvalue weighted by Gasteiger charge is -2.10. The summed E-state index contributed by atoms with van der Waals surface area (Å²) in [5.74, 6) is 0.300. The lowest BCUT2D eigenvalue weighted by molar-refractivity contribution is 0.0527. The first kappa shape index (κ1) is 23.7. The van der Waals surface area contributed by atoms with Crippen molar-refractivity contribution >= 4 is 34.2 Å². The number of nitrogens with one attached hydrogen (secondary N) is 3. The largest absolute Gasteiger partial charge is 0.462 e. The Hall–Kier alpha value is -3.92. The Bertz CT molecular complexity index is 1140. The number of aryl methyl sites for hydroxylation is 1. The third-order valence-corrected chi connectivity index (χ3v) is 5.50. The van der Waals surface area contributed by atoms with Crippen molar-refractivity contribution in [3.63, 3.8) is 0 Å². The zero-order chi connectivity index (χ0) is 23.8. The Kier molecular flexibility index (Phi) is 7.98. The summed E-state index contributed by atoms with van der Waals surface area (Å²) in [5.41, 5.74) is 2.23. The summed E-state index contributed by atoms with van der Waals surface area (Å²) < 4.78 is 10.8. The number of carbonyl (C=O) groups is 3. The van der Waals surface area contributed by atoms with Crippen molar-refractivity contribution in [2.75, 3.05) is 19.0 Å². The Morgan fingerprint density at radius 1 is 1.09 bits per heavy atom. The van der Waals surface area contributed by atoms with Crippen LogP contribution >= 0.6 is 11.3 Å². The number of urea groups is 1. The average Bonchev–Trinajstić information content (AvgIpc) is 3.18. The number of carbonyl (C=O) groups excluding carboxylic acids is 3. The van der Waals surface area contributed by atoms with Crippen LogP contribution in [0.4, 0.5) is 9.80 Å². The van der Waals surface area contributed by atoms with Crippen molar-refractivity contribution in [2.45, 2.75) is 20.4 Å². The first-order chi connectivity index (χ1) is 15.9. The van der Waals surface area contributed by atoms with E-state index in [1.54, 1.807) is 43.5 Å². The normalized spacial score (nSPS) is 10.3. The fourth-order valence-corrected chi connectivity index (χ4v) is 3.79. The number of benzene rings is 1. The molecule has 3 rings (SSSR count). The van der Waals surface area contributed by atoms with Gasteiger partial charge in [0.15, 0.2) is 0 Å². The molecule has 33 heavy (non-hydrogen) atoms. The molecule has 0 aliphatic heterocycles. The maximum Gasteiger partial charge on any atom is 0.341 e. The number of hydrogen-bond acceptors (Lipinski definition) is 7. The number of ether oxygens (including phenoxy) is 2. The predicted molar refractivity (Wildman–Crippen MR) is 125 cm³/mol. The van der Waals surface area contributed by atoms with E-state index in [2.05, 4.69) is 20.9 Å². The highest BCUT2D eigenvalue weighted by atomic mass is 32.1. The van der Waals surface area contributed by atoms with Crippen LogP contribution in [0.15, 0.2) is 48.0 Å². The molecule has 10 heteroatoms. The van der Waals surface area contributed by atoms with E-state index >= 15 is 0 Å². The quantitative estimate of drug-likeness (QED) is 0.428. The lowest BCUT2D eigenvalue weighted by atomic mass is 10.2. The molecule has 0 fully saturated rings. The second-order valence-electron chi connectivity index (χ2n) is 6.85. The highest BCUT2D eigenvalue weighted by Gasteiger charge is 2.19. The van der Waals surface area contributed by atoms with Gasteiger partial charge in [-0.15, -0.1) is 11.3 Å². The Balaban J connectivity index is 1.55. The minimum atomic E-state index is -0.459. The molecule has 0 aliphatic rings. The molecule has 3 amide bonds. The number of thiophene rings is 1. The molecule has 3 N–H and O–H groups in total. The van der Waals surface area contributed by atoms with Crippen LogP contribution < -0.4 is 20.7 Å². The molecule has 0 saturated carbocycles. The SMILES string of the molecule is CCOC(=O)c1c(C)csc1NC(=O)NCc1ccc(Oc2ccnc(C(=O)NC)c2)cc1. The van der Waals surface area contributed by atoms with Gasteiger partial charge in [0, 0.05) is 25.9 Å². The van der Waals surface area contributed by atoms with E-state index in [4.69, 9.17) is 9.47 Å². The second kappa shape index (κ2) is 11.1. The van der Waals surface area contributed by atoms with Crippen molar-refractivity contribution in [2.24, 2.45) is 0 Å². The molecule has 0 unspecified atom stereocenters. The average molecular weight is 469 g/mol. The van der Waals surface area contributed by atoms with Crippen LogP contribution in [0.25, 0.3) is 0 Å². The highest BCUT2D eigenvalue weighted by Crippen LogP contribution is 2.28. The zero-order valence-electron chi connectivity index (χ0n) is 18.4. The minimum Gasteiger partial charge on any atom is -0.462 e. The van der Waals surface area contributed by atoms with Gasteiger partial charge in [0.2, 0.25) is 0 Å². The van der Waals surface area contributed by atoms with Crippen molar-refractivity contribution in [3.05, 3.63) is 70.4 Å². The maximum absolute atomic E-state index is 12.3. The minimum absolute atomic E-state index is 0.258. The van der Waals surface area contributed by atoms with Crippen LogP contribution in [-0.4, -0.2) is 36.5 Å². The van der Waals surface area contributed by atoms with Crippen LogP contribution in [-0.2, 0) is 11.3 Å². The van der Waals surface area contributed by atoms with E-state index in [0.29, 0.717) is 22.1 Å².